The number of amides is 2. The lowest BCUT2D eigenvalue weighted by Gasteiger charge is -2.40. The highest BCUT2D eigenvalue weighted by Crippen LogP contribution is 2.39. The Bertz CT molecular complexity index is 1180. The smallest absolute Gasteiger partial charge is 0.313 e. The second-order valence-electron chi connectivity index (χ2n) is 9.15. The standard InChI is InChI=1S/C25H29ClFN5O4/c1-15-12-30(13-16-4-6-17(27)7-5-16)8-9-31(15)24(34)19-10-18-20(23(33)25(35)29(2)36-3)14-32(28)22(18)11-21(19)26/h4-7,10-11,15,20H,8-9,12-14,28H2,1-3H3/t15-,20?/m1/s1. The molecule has 2 heterocycles. The fourth-order valence-electron chi connectivity index (χ4n) is 4.76. The Morgan fingerprint density at radius 3 is 2.50 bits per heavy atom. The van der Waals surface area contributed by atoms with Crippen molar-refractivity contribution in [2.45, 2.75) is 25.4 Å². The van der Waals surface area contributed by atoms with E-state index in [9.17, 15) is 18.8 Å². The largest absolute Gasteiger partial charge is 0.333 e. The summed E-state index contributed by atoms with van der Waals surface area (Å²) < 4.78 is 13.2. The van der Waals surface area contributed by atoms with E-state index in [1.54, 1.807) is 29.2 Å². The highest BCUT2D eigenvalue weighted by atomic mass is 35.5. The van der Waals surface area contributed by atoms with Crippen LogP contribution < -0.4 is 10.9 Å². The van der Waals surface area contributed by atoms with Crippen molar-refractivity contribution in [2.75, 3.05) is 45.3 Å². The van der Waals surface area contributed by atoms with Crippen LogP contribution in [0.5, 0.6) is 0 Å². The van der Waals surface area contributed by atoms with Crippen LogP contribution in [0.1, 0.15) is 34.3 Å². The number of Topliss-reactive ketones (excluding diaryl/α,β-unsaturated/α-hetero) is 1. The van der Waals surface area contributed by atoms with Gasteiger partial charge in [-0.1, -0.05) is 23.7 Å². The van der Waals surface area contributed by atoms with E-state index < -0.39 is 17.6 Å². The number of hydroxylamine groups is 2. The molecule has 9 nitrogen and oxygen atoms in total. The molecular weight excluding hydrogens is 489 g/mol. The first kappa shape index (κ1) is 26.0. The predicted octanol–water partition coefficient (Wildman–Crippen LogP) is 2.19. The summed E-state index contributed by atoms with van der Waals surface area (Å²) in [6.45, 7) is 4.48. The van der Waals surface area contributed by atoms with Gasteiger partial charge in [0.1, 0.15) is 5.82 Å². The van der Waals surface area contributed by atoms with Gasteiger partial charge in [-0.2, -0.15) is 0 Å². The number of likely N-dealkylation sites (N-methyl/N-ethyl adjacent to an activating group) is 1. The van der Waals surface area contributed by atoms with Gasteiger partial charge in [-0.15, -0.1) is 0 Å². The maximum Gasteiger partial charge on any atom is 0.313 e. The number of carbonyl (C=O) groups excluding carboxylic acids is 3. The van der Waals surface area contributed by atoms with Gasteiger partial charge in [0, 0.05) is 45.8 Å². The van der Waals surface area contributed by atoms with Gasteiger partial charge < -0.3 is 9.91 Å². The fraction of sp³-hybridized carbons (Fsp3) is 0.400. The lowest BCUT2D eigenvalue weighted by Crippen LogP contribution is -2.53. The number of benzene rings is 2. The zero-order chi connectivity index (χ0) is 26.1. The van der Waals surface area contributed by atoms with Crippen LogP contribution in [0.25, 0.3) is 0 Å². The van der Waals surface area contributed by atoms with Gasteiger partial charge in [-0.3, -0.25) is 24.1 Å². The van der Waals surface area contributed by atoms with E-state index in [0.29, 0.717) is 37.4 Å². The highest BCUT2D eigenvalue weighted by Gasteiger charge is 2.39. The molecule has 2 amide bonds. The topological polar surface area (TPSA) is 99.4 Å². The second-order valence-corrected chi connectivity index (χ2v) is 9.56. The molecule has 0 bridgehead atoms. The number of nitrogens with two attached hydrogens (primary N) is 1. The van der Waals surface area contributed by atoms with E-state index in [1.165, 1.54) is 31.3 Å². The number of hydrogen-bond acceptors (Lipinski definition) is 7. The van der Waals surface area contributed by atoms with Crippen molar-refractivity contribution in [1.82, 2.24) is 14.9 Å². The number of hydrazine groups is 1. The molecule has 0 aliphatic carbocycles. The molecule has 2 aliphatic rings. The summed E-state index contributed by atoms with van der Waals surface area (Å²) in [6, 6.07) is 9.44. The number of fused-ring (bicyclic) bond motifs is 1. The van der Waals surface area contributed by atoms with E-state index in [1.807, 2.05) is 6.92 Å². The minimum Gasteiger partial charge on any atom is -0.333 e. The lowest BCUT2D eigenvalue weighted by molar-refractivity contribution is -0.173. The van der Waals surface area contributed by atoms with Crippen LogP contribution in [0.15, 0.2) is 36.4 Å². The molecule has 2 aromatic carbocycles. The molecule has 2 aliphatic heterocycles. The first-order valence-electron chi connectivity index (χ1n) is 11.6. The van der Waals surface area contributed by atoms with Crippen molar-refractivity contribution in [2.24, 2.45) is 5.84 Å². The first-order valence-corrected chi connectivity index (χ1v) is 12.0. The zero-order valence-corrected chi connectivity index (χ0v) is 21.2. The number of carbonyl (C=O) groups is 3. The fourth-order valence-corrected chi connectivity index (χ4v) is 5.00. The molecule has 36 heavy (non-hydrogen) atoms. The average molecular weight is 518 g/mol. The van der Waals surface area contributed by atoms with Crippen LogP contribution >= 0.6 is 11.6 Å². The van der Waals surface area contributed by atoms with Crippen molar-refractivity contribution < 1.29 is 23.6 Å². The van der Waals surface area contributed by atoms with Gasteiger partial charge in [0.25, 0.3) is 5.91 Å². The Balaban J connectivity index is 1.52. The van der Waals surface area contributed by atoms with Gasteiger partial charge in [0.15, 0.2) is 0 Å². The van der Waals surface area contributed by atoms with E-state index in [4.69, 9.17) is 22.3 Å². The molecule has 0 aromatic heterocycles. The zero-order valence-electron chi connectivity index (χ0n) is 20.4. The van der Waals surface area contributed by atoms with Crippen molar-refractivity contribution in [1.29, 1.82) is 0 Å². The maximum atomic E-state index is 13.5. The van der Waals surface area contributed by atoms with Gasteiger partial charge in [-0.25, -0.2) is 15.3 Å². The highest BCUT2D eigenvalue weighted by molar-refractivity contribution is 6.38. The molecule has 2 atom stereocenters. The molecule has 1 unspecified atom stereocenters. The molecule has 1 fully saturated rings. The molecule has 1 saturated heterocycles. The van der Waals surface area contributed by atoms with Crippen molar-refractivity contribution in [3.63, 3.8) is 0 Å². The summed E-state index contributed by atoms with van der Waals surface area (Å²) in [7, 11) is 2.64. The van der Waals surface area contributed by atoms with Crippen LogP contribution in [0.3, 0.4) is 0 Å². The van der Waals surface area contributed by atoms with E-state index in [0.717, 1.165) is 10.6 Å². The number of halogens is 2. The molecule has 192 valence electrons. The summed E-state index contributed by atoms with van der Waals surface area (Å²) in [5, 5.41) is 2.44. The Labute approximate surface area is 214 Å². The SMILES string of the molecule is CON(C)C(=O)C(=O)C1CN(N)c2cc(Cl)c(C(=O)N3CCN(Cc4ccc(F)cc4)C[C@H]3C)cc21. The summed E-state index contributed by atoms with van der Waals surface area (Å²) in [5.41, 5.74) is 2.24. The molecule has 11 heteroatoms. The second kappa shape index (κ2) is 10.5. The quantitative estimate of drug-likeness (QED) is 0.356. The minimum absolute atomic E-state index is 0.0872. The van der Waals surface area contributed by atoms with Gasteiger partial charge in [0.2, 0.25) is 5.78 Å². The third-order valence-electron chi connectivity index (χ3n) is 6.79. The van der Waals surface area contributed by atoms with Crippen molar-refractivity contribution in [3.8, 4) is 0 Å². The van der Waals surface area contributed by atoms with Crippen LogP contribution in [0.2, 0.25) is 5.02 Å². The lowest BCUT2D eigenvalue weighted by atomic mass is 9.94. The van der Waals surface area contributed by atoms with Gasteiger partial charge in [0.05, 0.1) is 29.3 Å². The molecule has 2 N–H and O–H groups in total. The van der Waals surface area contributed by atoms with Crippen LogP contribution in [0.4, 0.5) is 10.1 Å². The van der Waals surface area contributed by atoms with E-state index >= 15 is 0 Å². The normalized spacial score (nSPS) is 19.8. The van der Waals surface area contributed by atoms with Gasteiger partial charge >= 0.3 is 5.91 Å². The van der Waals surface area contributed by atoms with Gasteiger partial charge in [-0.05, 0) is 42.3 Å². The molecular formula is C25H29ClFN5O4. The van der Waals surface area contributed by atoms with Crippen LogP contribution in [-0.2, 0) is 21.0 Å². The molecule has 0 saturated carbocycles. The van der Waals surface area contributed by atoms with Crippen molar-refractivity contribution >= 4 is 34.9 Å². The number of rotatable bonds is 6. The number of hydrogen-bond donors (Lipinski definition) is 1. The summed E-state index contributed by atoms with van der Waals surface area (Å²) in [6.07, 6.45) is 0. The Morgan fingerprint density at radius 2 is 1.86 bits per heavy atom. The van der Waals surface area contributed by atoms with Crippen LogP contribution in [-0.4, -0.2) is 78.8 Å². The first-order chi connectivity index (χ1) is 17.1. The maximum absolute atomic E-state index is 13.5. The minimum atomic E-state index is -0.844. The number of nitrogens with zero attached hydrogens (tertiary/aromatic N) is 4. The van der Waals surface area contributed by atoms with Crippen molar-refractivity contribution in [3.05, 3.63) is 63.9 Å². The van der Waals surface area contributed by atoms with Crippen LogP contribution in [0, 0.1) is 5.82 Å². The predicted molar refractivity (Wildman–Crippen MR) is 133 cm³/mol. The molecule has 2 aromatic rings. The summed E-state index contributed by atoms with van der Waals surface area (Å²) >= 11 is 6.50. The van der Waals surface area contributed by atoms with E-state index in [2.05, 4.69) is 4.90 Å². The van der Waals surface area contributed by atoms with E-state index in [-0.39, 0.29) is 34.9 Å². The summed E-state index contributed by atoms with van der Waals surface area (Å²) in [4.78, 5) is 47.6. The Morgan fingerprint density at radius 1 is 1.17 bits per heavy atom. The number of anilines is 1. The third kappa shape index (κ3) is 5.08. The molecule has 4 rings (SSSR count). The number of ketones is 1. The monoisotopic (exact) mass is 517 g/mol. The molecule has 0 radical (unpaired) electrons. The Hall–Kier alpha value is -3.05. The summed E-state index contributed by atoms with van der Waals surface area (Å²) in [5.74, 6) is 3.22. The average Bonchev–Trinajstić information content (AvgIpc) is 3.18. The molecule has 0 spiro atoms. The third-order valence-corrected chi connectivity index (χ3v) is 7.10. The Kier molecular flexibility index (Phi) is 7.60. The number of piperazine rings is 1.